The maximum absolute atomic E-state index is 10.3. The minimum absolute atomic E-state index is 0.109. The highest BCUT2D eigenvalue weighted by Gasteiger charge is 2.14. The number of carbonyl (C=O) groups is 1. The van der Waals surface area contributed by atoms with Gasteiger partial charge in [0.05, 0.1) is 0 Å². The van der Waals surface area contributed by atoms with Crippen molar-refractivity contribution in [1.82, 2.24) is 5.32 Å². The summed E-state index contributed by atoms with van der Waals surface area (Å²) < 4.78 is 0. The van der Waals surface area contributed by atoms with Crippen LogP contribution in [0.2, 0.25) is 0 Å². The third kappa shape index (κ3) is 5.76. The second-order valence-electron chi connectivity index (χ2n) is 4.69. The number of nitrogens with one attached hydrogen (secondary N) is 1. The first-order valence-corrected chi connectivity index (χ1v) is 5.71. The summed E-state index contributed by atoms with van der Waals surface area (Å²) in [6.45, 7) is 4.12. The summed E-state index contributed by atoms with van der Waals surface area (Å²) >= 11 is 0. The molecular formula is C14H19NO2. The summed E-state index contributed by atoms with van der Waals surface area (Å²) in [6.07, 6.45) is 4.53. The zero-order valence-electron chi connectivity index (χ0n) is 10.3. The van der Waals surface area contributed by atoms with Gasteiger partial charge in [0.2, 0.25) is 0 Å². The molecule has 1 rings (SSSR count). The van der Waals surface area contributed by atoms with Gasteiger partial charge in [-0.1, -0.05) is 30.3 Å². The largest absolute Gasteiger partial charge is 0.478 e. The van der Waals surface area contributed by atoms with E-state index in [1.54, 1.807) is 0 Å². The molecule has 0 aliphatic rings. The second-order valence-corrected chi connectivity index (χ2v) is 4.69. The molecular weight excluding hydrogens is 214 g/mol. The highest BCUT2D eigenvalue weighted by atomic mass is 16.4. The van der Waals surface area contributed by atoms with Gasteiger partial charge in [0, 0.05) is 17.8 Å². The van der Waals surface area contributed by atoms with Crippen LogP contribution in [0.5, 0.6) is 0 Å². The average molecular weight is 233 g/mol. The van der Waals surface area contributed by atoms with E-state index in [0.717, 1.165) is 18.9 Å². The van der Waals surface area contributed by atoms with Crippen LogP contribution in [0.15, 0.2) is 42.6 Å². The van der Waals surface area contributed by atoms with Crippen LogP contribution in [0.1, 0.15) is 25.8 Å². The summed E-state index contributed by atoms with van der Waals surface area (Å²) in [6, 6.07) is 10.3. The molecule has 0 aromatic heterocycles. The summed E-state index contributed by atoms with van der Waals surface area (Å²) in [7, 11) is 0. The molecule has 0 heterocycles. The zero-order chi connectivity index (χ0) is 12.7. The minimum Gasteiger partial charge on any atom is -0.478 e. The lowest BCUT2D eigenvalue weighted by atomic mass is 9.95. The highest BCUT2D eigenvalue weighted by molar-refractivity contribution is 5.79. The molecule has 0 unspecified atom stereocenters. The van der Waals surface area contributed by atoms with Crippen LogP contribution in [0.25, 0.3) is 0 Å². The molecule has 1 aromatic rings. The quantitative estimate of drug-likeness (QED) is 0.742. The SMILES string of the molecule is CC(C)(CCc1ccccc1)N/C=C/C(=O)O. The fourth-order valence-corrected chi connectivity index (χ4v) is 1.51. The Labute approximate surface area is 102 Å². The van der Waals surface area contributed by atoms with Crippen LogP contribution in [0.4, 0.5) is 0 Å². The second kappa shape index (κ2) is 6.09. The monoisotopic (exact) mass is 233 g/mol. The standard InChI is InChI=1S/C14H19NO2/c1-14(2,15-11-9-13(16)17)10-8-12-6-4-3-5-7-12/h3-7,9,11,15H,8,10H2,1-2H3,(H,16,17)/b11-9+. The molecule has 17 heavy (non-hydrogen) atoms. The van der Waals surface area contributed by atoms with Crippen molar-refractivity contribution in [1.29, 1.82) is 0 Å². The molecule has 0 aliphatic carbocycles. The van der Waals surface area contributed by atoms with Gasteiger partial charge in [-0.15, -0.1) is 0 Å². The van der Waals surface area contributed by atoms with Crippen LogP contribution in [-0.2, 0) is 11.2 Å². The Kier molecular flexibility index (Phi) is 4.76. The van der Waals surface area contributed by atoms with E-state index in [1.165, 1.54) is 11.8 Å². The van der Waals surface area contributed by atoms with Gasteiger partial charge in [0.1, 0.15) is 0 Å². The normalized spacial score (nSPS) is 11.6. The van der Waals surface area contributed by atoms with Crippen molar-refractivity contribution in [3.63, 3.8) is 0 Å². The predicted molar refractivity (Wildman–Crippen MR) is 68.8 cm³/mol. The number of aryl methyl sites for hydroxylation is 1. The molecule has 1 aromatic carbocycles. The number of hydrogen-bond acceptors (Lipinski definition) is 2. The molecule has 3 nitrogen and oxygen atoms in total. The van der Waals surface area contributed by atoms with E-state index >= 15 is 0 Å². The Morgan fingerprint density at radius 3 is 2.59 bits per heavy atom. The van der Waals surface area contributed by atoms with Crippen molar-refractivity contribution < 1.29 is 9.90 Å². The summed E-state index contributed by atoms with van der Waals surface area (Å²) in [5.74, 6) is -0.934. The maximum atomic E-state index is 10.3. The van der Waals surface area contributed by atoms with Crippen molar-refractivity contribution in [3.8, 4) is 0 Å². The van der Waals surface area contributed by atoms with Crippen LogP contribution < -0.4 is 5.32 Å². The Morgan fingerprint density at radius 1 is 1.35 bits per heavy atom. The average Bonchev–Trinajstić information content (AvgIpc) is 2.27. The van der Waals surface area contributed by atoms with Crippen LogP contribution in [0, 0.1) is 0 Å². The molecule has 0 radical (unpaired) electrons. The van der Waals surface area contributed by atoms with Crippen molar-refractivity contribution >= 4 is 5.97 Å². The molecule has 3 heteroatoms. The van der Waals surface area contributed by atoms with E-state index < -0.39 is 5.97 Å². The van der Waals surface area contributed by atoms with Crippen molar-refractivity contribution in [2.45, 2.75) is 32.2 Å². The number of aliphatic carboxylic acids is 1. The fourth-order valence-electron chi connectivity index (χ4n) is 1.51. The molecule has 0 spiro atoms. The Bertz CT molecular complexity index is 382. The topological polar surface area (TPSA) is 49.3 Å². The van der Waals surface area contributed by atoms with Crippen molar-refractivity contribution in [2.24, 2.45) is 0 Å². The molecule has 0 atom stereocenters. The van der Waals surface area contributed by atoms with Crippen LogP contribution in [0.3, 0.4) is 0 Å². The Balaban J connectivity index is 2.41. The van der Waals surface area contributed by atoms with E-state index in [9.17, 15) is 4.79 Å². The molecule has 0 fully saturated rings. The first-order valence-electron chi connectivity index (χ1n) is 5.71. The van der Waals surface area contributed by atoms with Gasteiger partial charge in [-0.05, 0) is 32.3 Å². The number of hydrogen-bond donors (Lipinski definition) is 2. The third-order valence-corrected chi connectivity index (χ3v) is 2.58. The Morgan fingerprint density at radius 2 is 2.00 bits per heavy atom. The van der Waals surface area contributed by atoms with Crippen LogP contribution >= 0.6 is 0 Å². The van der Waals surface area contributed by atoms with Crippen molar-refractivity contribution in [3.05, 3.63) is 48.2 Å². The van der Waals surface area contributed by atoms with Gasteiger partial charge in [0.25, 0.3) is 0 Å². The van der Waals surface area contributed by atoms with E-state index in [-0.39, 0.29) is 5.54 Å². The molecule has 0 bridgehead atoms. The summed E-state index contributed by atoms with van der Waals surface area (Å²) in [5, 5.41) is 11.6. The number of carboxylic acids is 1. The van der Waals surface area contributed by atoms with Gasteiger partial charge in [-0.3, -0.25) is 0 Å². The number of carboxylic acid groups (broad SMARTS) is 1. The number of benzene rings is 1. The van der Waals surface area contributed by atoms with Gasteiger partial charge < -0.3 is 10.4 Å². The van der Waals surface area contributed by atoms with E-state index in [2.05, 4.69) is 31.3 Å². The minimum atomic E-state index is -0.934. The first-order chi connectivity index (χ1) is 7.99. The summed E-state index contributed by atoms with van der Waals surface area (Å²) in [4.78, 5) is 10.3. The van der Waals surface area contributed by atoms with Crippen LogP contribution in [-0.4, -0.2) is 16.6 Å². The Hall–Kier alpha value is -1.77. The van der Waals surface area contributed by atoms with Gasteiger partial charge >= 0.3 is 5.97 Å². The molecule has 0 saturated heterocycles. The fraction of sp³-hybridized carbons (Fsp3) is 0.357. The lowest BCUT2D eigenvalue weighted by Crippen LogP contribution is -2.35. The van der Waals surface area contributed by atoms with Crippen molar-refractivity contribution in [2.75, 3.05) is 0 Å². The van der Waals surface area contributed by atoms with E-state index in [4.69, 9.17) is 5.11 Å². The van der Waals surface area contributed by atoms with Gasteiger partial charge in [-0.25, -0.2) is 4.79 Å². The summed E-state index contributed by atoms with van der Waals surface area (Å²) in [5.41, 5.74) is 1.19. The van der Waals surface area contributed by atoms with Gasteiger partial charge in [0.15, 0.2) is 0 Å². The predicted octanol–water partition coefficient (Wildman–Crippen LogP) is 2.59. The molecule has 0 saturated carbocycles. The molecule has 2 N–H and O–H groups in total. The lowest BCUT2D eigenvalue weighted by Gasteiger charge is -2.25. The molecule has 92 valence electrons. The lowest BCUT2D eigenvalue weighted by molar-refractivity contribution is -0.131. The highest BCUT2D eigenvalue weighted by Crippen LogP contribution is 2.13. The van der Waals surface area contributed by atoms with Gasteiger partial charge in [-0.2, -0.15) is 0 Å². The third-order valence-electron chi connectivity index (χ3n) is 2.58. The van der Waals surface area contributed by atoms with E-state index in [0.29, 0.717) is 0 Å². The number of rotatable bonds is 6. The van der Waals surface area contributed by atoms with E-state index in [1.807, 2.05) is 18.2 Å². The zero-order valence-corrected chi connectivity index (χ0v) is 10.3. The molecule has 0 amide bonds. The maximum Gasteiger partial charge on any atom is 0.329 e. The first kappa shape index (κ1) is 13.3. The smallest absolute Gasteiger partial charge is 0.329 e. The molecule has 0 aliphatic heterocycles.